The van der Waals surface area contributed by atoms with Gasteiger partial charge in [-0.15, -0.1) is 16.0 Å². The van der Waals surface area contributed by atoms with Gasteiger partial charge in [-0.05, 0) is 48.4 Å². The van der Waals surface area contributed by atoms with E-state index in [1.165, 1.54) is 49.5 Å². The number of carboxylic acids is 1. The number of aromatic nitrogens is 2. The van der Waals surface area contributed by atoms with Crippen LogP contribution in [0.15, 0.2) is 88.0 Å². The normalized spacial score (nSPS) is 13.1. The number of carbonyl (C=O) groups is 1. The number of rotatable bonds is 11. The molecule has 5 aromatic rings. The summed E-state index contributed by atoms with van der Waals surface area (Å²) in [5.41, 5.74) is 0.247. The Hall–Kier alpha value is -4.45. The van der Waals surface area contributed by atoms with Gasteiger partial charge in [-0.1, -0.05) is 36.4 Å². The summed E-state index contributed by atoms with van der Waals surface area (Å²) in [5, 5.41) is 13.5. The molecular weight excluding hydrogens is 682 g/mol. The lowest BCUT2D eigenvalue weighted by molar-refractivity contribution is -0.742. The lowest BCUT2D eigenvalue weighted by Crippen LogP contribution is -2.42. The van der Waals surface area contributed by atoms with E-state index in [-0.39, 0.29) is 31.8 Å². The SMILES string of the molecule is CN(C)c1cccc2c(S(=O)(=O)Oc3ccc(C[C@H](NS(=O)(=O)c4ccc(-c5cc(C(F)(F)F)[n+](C)[nH]5)s4)C(=O)O)cc3)cccc12. The molecule has 0 amide bonds. The molecule has 2 heterocycles. The zero-order valence-corrected chi connectivity index (χ0v) is 27.4. The van der Waals surface area contributed by atoms with Crippen LogP contribution in [0.1, 0.15) is 11.3 Å². The average Bonchev–Trinajstić information content (AvgIpc) is 3.64. The first-order valence-corrected chi connectivity index (χ1v) is 17.4. The van der Waals surface area contributed by atoms with E-state index >= 15 is 0 Å². The number of aliphatic carboxylic acids is 1. The molecular formula is C30H28F3N4O7S3+. The summed E-state index contributed by atoms with van der Waals surface area (Å²) in [6.45, 7) is 0. The molecule has 1 atom stereocenters. The summed E-state index contributed by atoms with van der Waals surface area (Å²) in [4.78, 5) is 14.0. The van der Waals surface area contributed by atoms with Crippen LogP contribution in [0.4, 0.5) is 18.9 Å². The van der Waals surface area contributed by atoms with Crippen LogP contribution in [0.3, 0.4) is 0 Å². The van der Waals surface area contributed by atoms with Crippen LogP contribution >= 0.6 is 11.3 Å². The lowest BCUT2D eigenvalue weighted by Gasteiger charge is -2.17. The second-order valence-electron chi connectivity index (χ2n) is 10.7. The minimum Gasteiger partial charge on any atom is -0.480 e. The summed E-state index contributed by atoms with van der Waals surface area (Å²) in [6.07, 6.45) is -4.94. The van der Waals surface area contributed by atoms with Crippen molar-refractivity contribution in [3.63, 3.8) is 0 Å². The average molecular weight is 710 g/mol. The van der Waals surface area contributed by atoms with E-state index in [0.717, 1.165) is 16.4 Å². The van der Waals surface area contributed by atoms with E-state index in [0.29, 0.717) is 27.7 Å². The number of hydrogen-bond acceptors (Lipinski definition) is 8. The van der Waals surface area contributed by atoms with E-state index in [1.807, 2.05) is 25.1 Å². The number of alkyl halides is 3. The number of sulfonamides is 1. The third kappa shape index (κ3) is 7.27. The Morgan fingerprint density at radius 2 is 1.66 bits per heavy atom. The standard InChI is InChI=1S/C30H27F3N4O7S3/c1-36(2)24-8-4-7-21-20(24)6-5-9-26(21)47(42,43)44-19-12-10-18(11-13-19)16-23(29(38)39)35-46(40,41)28-15-14-25(45-28)22-17-27(30(31,32)33)37(3)34-22/h4-15,17,23,35H,16H2,1-3H3,(H,38,39)/p+1/t23-/m0/s1. The third-order valence-electron chi connectivity index (χ3n) is 7.11. The largest absolute Gasteiger partial charge is 0.480 e. The molecule has 5 rings (SSSR count). The van der Waals surface area contributed by atoms with Gasteiger partial charge in [-0.2, -0.15) is 31.4 Å². The number of carboxylic acid groups (broad SMARTS) is 1. The number of aryl methyl sites for hydroxylation is 1. The summed E-state index contributed by atoms with van der Waals surface area (Å²) in [5.74, 6) is -1.52. The Kier molecular flexibility index (Phi) is 9.11. The van der Waals surface area contributed by atoms with Gasteiger partial charge in [0.2, 0.25) is 0 Å². The van der Waals surface area contributed by atoms with Crippen molar-refractivity contribution >= 4 is 53.9 Å². The fourth-order valence-corrected chi connectivity index (χ4v) is 8.52. The topological polar surface area (TPSA) is 150 Å². The molecule has 0 aliphatic heterocycles. The van der Waals surface area contributed by atoms with Gasteiger partial charge in [-0.3, -0.25) is 4.79 Å². The number of hydrogen-bond donors (Lipinski definition) is 3. The van der Waals surface area contributed by atoms with Crippen molar-refractivity contribution in [2.45, 2.75) is 27.7 Å². The molecule has 0 unspecified atom stereocenters. The first-order chi connectivity index (χ1) is 22.0. The van der Waals surface area contributed by atoms with Crippen molar-refractivity contribution in [2.75, 3.05) is 19.0 Å². The Bertz CT molecular complexity index is 2180. The molecule has 0 bridgehead atoms. The van der Waals surface area contributed by atoms with Crippen LogP contribution < -0.4 is 18.5 Å². The number of H-pyrrole nitrogens is 1. The number of nitrogens with one attached hydrogen (secondary N) is 2. The Balaban J connectivity index is 1.30. The minimum atomic E-state index is -4.63. The number of fused-ring (bicyclic) bond motifs is 1. The maximum Gasteiger partial charge on any atom is 0.479 e. The van der Waals surface area contributed by atoms with Crippen molar-refractivity contribution in [1.82, 2.24) is 9.82 Å². The van der Waals surface area contributed by atoms with Crippen LogP contribution in [0.5, 0.6) is 5.75 Å². The number of nitrogens with zero attached hydrogens (tertiary/aromatic N) is 2. The number of thiophene rings is 1. The zero-order chi connectivity index (χ0) is 34.3. The van der Waals surface area contributed by atoms with Crippen molar-refractivity contribution in [1.29, 1.82) is 0 Å². The van der Waals surface area contributed by atoms with Gasteiger partial charge in [-0.25, -0.2) is 8.42 Å². The molecule has 17 heteroatoms. The van der Waals surface area contributed by atoms with Gasteiger partial charge >= 0.3 is 28.0 Å². The Morgan fingerprint density at radius 3 is 2.28 bits per heavy atom. The molecule has 11 nitrogen and oxygen atoms in total. The number of anilines is 1. The van der Waals surface area contributed by atoms with Gasteiger partial charge in [0.05, 0.1) is 4.88 Å². The Labute approximate surface area is 272 Å². The molecule has 0 saturated heterocycles. The van der Waals surface area contributed by atoms with Crippen LogP contribution in [-0.4, -0.2) is 53.1 Å². The smallest absolute Gasteiger partial charge is 0.479 e. The summed E-state index contributed by atoms with van der Waals surface area (Å²) < 4.78 is 100. The van der Waals surface area contributed by atoms with Gasteiger partial charge in [0.15, 0.2) is 7.05 Å². The fourth-order valence-electron chi connectivity index (χ4n) is 4.90. The van der Waals surface area contributed by atoms with E-state index < -0.39 is 44.0 Å². The molecule has 0 saturated carbocycles. The second kappa shape index (κ2) is 12.6. The summed E-state index contributed by atoms with van der Waals surface area (Å²) in [7, 11) is -3.82. The van der Waals surface area contributed by atoms with E-state index in [4.69, 9.17) is 4.18 Å². The molecule has 0 aliphatic carbocycles. The predicted molar refractivity (Wildman–Crippen MR) is 168 cm³/mol. The quantitative estimate of drug-likeness (QED) is 0.134. The van der Waals surface area contributed by atoms with Gasteiger partial charge in [0.1, 0.15) is 26.6 Å². The molecule has 47 heavy (non-hydrogen) atoms. The van der Waals surface area contributed by atoms with E-state index in [9.17, 15) is 39.9 Å². The lowest BCUT2D eigenvalue weighted by atomic mass is 10.1. The van der Waals surface area contributed by atoms with E-state index in [1.54, 1.807) is 24.3 Å². The highest BCUT2D eigenvalue weighted by molar-refractivity contribution is 7.91. The van der Waals surface area contributed by atoms with Crippen LogP contribution in [0, 0.1) is 0 Å². The third-order valence-corrected chi connectivity index (χ3v) is 11.5. The Morgan fingerprint density at radius 1 is 1.00 bits per heavy atom. The van der Waals surface area contributed by atoms with Crippen molar-refractivity contribution in [3.05, 3.63) is 90.1 Å². The van der Waals surface area contributed by atoms with Crippen molar-refractivity contribution in [2.24, 2.45) is 7.05 Å². The van der Waals surface area contributed by atoms with Gasteiger partial charge in [0, 0.05) is 36.6 Å². The molecule has 0 fully saturated rings. The van der Waals surface area contributed by atoms with Crippen LogP contribution in [0.25, 0.3) is 21.3 Å². The molecule has 2 aromatic heterocycles. The highest BCUT2D eigenvalue weighted by Crippen LogP contribution is 2.34. The molecule has 248 valence electrons. The van der Waals surface area contributed by atoms with Crippen LogP contribution in [0.2, 0.25) is 0 Å². The minimum absolute atomic E-state index is 0.0316. The molecule has 0 radical (unpaired) electrons. The van der Waals surface area contributed by atoms with E-state index in [2.05, 4.69) is 9.82 Å². The van der Waals surface area contributed by atoms with Gasteiger partial charge < -0.3 is 14.2 Å². The number of halogens is 3. The van der Waals surface area contributed by atoms with Crippen LogP contribution in [-0.2, 0) is 44.6 Å². The fraction of sp³-hybridized carbons (Fsp3) is 0.200. The highest BCUT2D eigenvalue weighted by Gasteiger charge is 2.42. The highest BCUT2D eigenvalue weighted by atomic mass is 32.2. The predicted octanol–water partition coefficient (Wildman–Crippen LogP) is 4.55. The number of aromatic amines is 1. The molecule has 3 aromatic carbocycles. The first kappa shape index (κ1) is 33.9. The monoisotopic (exact) mass is 709 g/mol. The maximum absolute atomic E-state index is 13.3. The zero-order valence-electron chi connectivity index (χ0n) is 24.9. The van der Waals surface area contributed by atoms with Crippen molar-refractivity contribution in [3.8, 4) is 16.3 Å². The van der Waals surface area contributed by atoms with Crippen molar-refractivity contribution < 1.29 is 48.8 Å². The maximum atomic E-state index is 13.3. The molecule has 3 N–H and O–H groups in total. The summed E-state index contributed by atoms with van der Waals surface area (Å²) >= 11 is 0.662. The molecule has 0 spiro atoms. The first-order valence-electron chi connectivity index (χ1n) is 13.7. The molecule has 0 aliphatic rings. The second-order valence-corrected chi connectivity index (χ2v) is 15.2. The van der Waals surface area contributed by atoms with Gasteiger partial charge in [0.25, 0.3) is 10.0 Å². The number of benzene rings is 3. The summed E-state index contributed by atoms with van der Waals surface area (Å²) in [6, 6.07) is 17.3.